The summed E-state index contributed by atoms with van der Waals surface area (Å²) in [5, 5.41) is 11.3. The van der Waals surface area contributed by atoms with Crippen molar-refractivity contribution in [3.8, 4) is 5.75 Å². The van der Waals surface area contributed by atoms with Gasteiger partial charge in [-0.2, -0.15) is 0 Å². The average molecular weight is 502 g/mol. The summed E-state index contributed by atoms with van der Waals surface area (Å²) in [7, 11) is 1.53. The van der Waals surface area contributed by atoms with Crippen LogP contribution in [0.2, 0.25) is 5.02 Å². The van der Waals surface area contributed by atoms with E-state index >= 15 is 0 Å². The number of hydrogen-bond acceptors (Lipinski definition) is 4. The smallest absolute Gasteiger partial charge is 0.336 e. The van der Waals surface area contributed by atoms with Gasteiger partial charge >= 0.3 is 5.97 Å². The highest BCUT2D eigenvalue weighted by molar-refractivity contribution is 6.31. The van der Waals surface area contributed by atoms with E-state index in [4.69, 9.17) is 21.1 Å². The number of carbonyl (C=O) groups is 1. The number of rotatable bonds is 10. The molecule has 4 aromatic rings. The predicted octanol–water partition coefficient (Wildman–Crippen LogP) is 7.48. The molecule has 1 heterocycles. The monoisotopic (exact) mass is 501 g/mol. The Hall–Kier alpha value is -3.67. The molecule has 1 N–H and O–H groups in total. The van der Waals surface area contributed by atoms with Crippen molar-refractivity contribution in [2.45, 2.75) is 25.9 Å². The third kappa shape index (κ3) is 6.30. The van der Waals surface area contributed by atoms with Gasteiger partial charge in [0.25, 0.3) is 0 Å². The molecule has 36 heavy (non-hydrogen) atoms. The van der Waals surface area contributed by atoms with E-state index in [0.29, 0.717) is 30.2 Å². The van der Waals surface area contributed by atoms with Gasteiger partial charge in [0.15, 0.2) is 0 Å². The van der Waals surface area contributed by atoms with Gasteiger partial charge in [-0.15, -0.1) is 0 Å². The zero-order valence-electron chi connectivity index (χ0n) is 20.3. The molecule has 184 valence electrons. The summed E-state index contributed by atoms with van der Waals surface area (Å²) in [4.78, 5) is 16.4. The molecule has 0 aliphatic rings. The number of fused-ring (bicyclic) bond motifs is 1. The minimum Gasteiger partial charge on any atom is -0.497 e. The van der Waals surface area contributed by atoms with E-state index in [1.807, 2.05) is 73.7 Å². The Labute approximate surface area is 216 Å². The minimum atomic E-state index is -0.964. The Bertz CT molecular complexity index is 1400. The summed E-state index contributed by atoms with van der Waals surface area (Å²) in [6.07, 6.45) is 5.07. The van der Waals surface area contributed by atoms with Crippen molar-refractivity contribution in [2.75, 3.05) is 13.7 Å². The Morgan fingerprint density at radius 3 is 2.67 bits per heavy atom. The molecule has 4 rings (SSSR count). The number of nitrogens with zero attached hydrogens (tertiary/aromatic N) is 1. The van der Waals surface area contributed by atoms with Crippen LogP contribution >= 0.6 is 11.6 Å². The van der Waals surface area contributed by atoms with E-state index in [1.54, 1.807) is 12.1 Å². The molecular weight excluding hydrogens is 474 g/mol. The summed E-state index contributed by atoms with van der Waals surface area (Å²) < 4.78 is 11.2. The third-order valence-electron chi connectivity index (χ3n) is 6.00. The van der Waals surface area contributed by atoms with Crippen LogP contribution in [0, 0.1) is 0 Å². The Morgan fingerprint density at radius 2 is 1.89 bits per heavy atom. The van der Waals surface area contributed by atoms with Gasteiger partial charge in [0.05, 0.1) is 30.0 Å². The molecule has 0 aliphatic carbocycles. The molecule has 0 radical (unpaired) electrons. The van der Waals surface area contributed by atoms with Crippen molar-refractivity contribution in [2.24, 2.45) is 0 Å². The number of benzene rings is 3. The highest BCUT2D eigenvalue weighted by Crippen LogP contribution is 2.27. The fourth-order valence-corrected chi connectivity index (χ4v) is 4.34. The van der Waals surface area contributed by atoms with Crippen molar-refractivity contribution in [1.29, 1.82) is 0 Å². The topological polar surface area (TPSA) is 68.7 Å². The zero-order valence-corrected chi connectivity index (χ0v) is 21.0. The molecule has 0 saturated carbocycles. The number of carboxylic acid groups (broad SMARTS) is 1. The molecule has 3 aromatic carbocycles. The molecule has 0 spiro atoms. The Balaban J connectivity index is 1.52. The first kappa shape index (κ1) is 25.4. The maximum atomic E-state index is 11.7. The third-order valence-corrected chi connectivity index (χ3v) is 6.23. The van der Waals surface area contributed by atoms with E-state index in [-0.39, 0.29) is 11.7 Å². The lowest BCUT2D eigenvalue weighted by atomic mass is 9.96. The number of carboxylic acids is 1. The number of aromatic carboxylic acids is 1. The fraction of sp³-hybridized carbons (Fsp3) is 0.200. The molecule has 0 bridgehead atoms. The summed E-state index contributed by atoms with van der Waals surface area (Å²) in [5.74, 6) is -0.436. The second kappa shape index (κ2) is 11.8. The maximum Gasteiger partial charge on any atom is 0.336 e. The summed E-state index contributed by atoms with van der Waals surface area (Å²) in [5.41, 5.74) is 4.78. The summed E-state index contributed by atoms with van der Waals surface area (Å²) in [6, 6.07) is 23.0. The van der Waals surface area contributed by atoms with Crippen LogP contribution in [0.4, 0.5) is 0 Å². The van der Waals surface area contributed by atoms with Crippen LogP contribution in [-0.4, -0.2) is 29.8 Å². The SMILES string of the molecule is CCOC(CCc1ccc(OC)cc1C(=O)O)c1cccc(/C=C/c2ccc3ccc(Cl)cc3n2)c1. The summed E-state index contributed by atoms with van der Waals surface area (Å²) in [6.45, 7) is 2.52. The van der Waals surface area contributed by atoms with Crippen molar-refractivity contribution in [3.05, 3.63) is 106 Å². The first-order valence-electron chi connectivity index (χ1n) is 11.8. The highest BCUT2D eigenvalue weighted by atomic mass is 35.5. The first-order valence-corrected chi connectivity index (χ1v) is 12.2. The van der Waals surface area contributed by atoms with Gasteiger partial charge in [-0.3, -0.25) is 0 Å². The van der Waals surface area contributed by atoms with Crippen molar-refractivity contribution in [3.63, 3.8) is 0 Å². The predicted molar refractivity (Wildman–Crippen MR) is 145 cm³/mol. The van der Waals surface area contributed by atoms with Crippen LogP contribution in [0.3, 0.4) is 0 Å². The standard InChI is InChI=1S/C30H28ClNO4/c1-3-36-29(16-11-21-10-15-26(35-2)19-27(21)30(33)34)23-6-4-5-20(17-23)7-13-25-14-9-22-8-12-24(31)18-28(22)32-25/h4-10,12-15,17-19,29H,3,11,16H2,1-2H3,(H,33,34)/b13-7+. The molecule has 5 nitrogen and oxygen atoms in total. The van der Waals surface area contributed by atoms with Gasteiger partial charge in [0, 0.05) is 17.0 Å². The van der Waals surface area contributed by atoms with Gasteiger partial charge < -0.3 is 14.6 Å². The largest absolute Gasteiger partial charge is 0.497 e. The lowest BCUT2D eigenvalue weighted by molar-refractivity contribution is 0.0561. The number of pyridine rings is 1. The molecule has 0 fully saturated rings. The molecule has 6 heteroatoms. The number of aryl methyl sites for hydroxylation is 1. The van der Waals surface area contributed by atoms with E-state index < -0.39 is 5.97 Å². The lowest BCUT2D eigenvalue weighted by Crippen LogP contribution is -2.09. The van der Waals surface area contributed by atoms with E-state index in [9.17, 15) is 9.90 Å². The van der Waals surface area contributed by atoms with E-state index in [2.05, 4.69) is 11.1 Å². The first-order chi connectivity index (χ1) is 17.5. The van der Waals surface area contributed by atoms with Crippen LogP contribution in [0.25, 0.3) is 23.1 Å². The van der Waals surface area contributed by atoms with E-state index in [1.165, 1.54) is 7.11 Å². The molecule has 0 amide bonds. The highest BCUT2D eigenvalue weighted by Gasteiger charge is 2.16. The molecular formula is C30H28ClNO4. The molecule has 1 aromatic heterocycles. The van der Waals surface area contributed by atoms with Gasteiger partial charge in [0.1, 0.15) is 5.75 Å². The number of methoxy groups -OCH3 is 1. The zero-order chi connectivity index (χ0) is 25.5. The average Bonchev–Trinajstić information content (AvgIpc) is 2.89. The van der Waals surface area contributed by atoms with Crippen molar-refractivity contribution < 1.29 is 19.4 Å². The van der Waals surface area contributed by atoms with Gasteiger partial charge in [0.2, 0.25) is 0 Å². The van der Waals surface area contributed by atoms with E-state index in [0.717, 1.165) is 33.3 Å². The van der Waals surface area contributed by atoms with Crippen LogP contribution in [0.5, 0.6) is 5.75 Å². The van der Waals surface area contributed by atoms with Crippen LogP contribution in [-0.2, 0) is 11.2 Å². The second-order valence-electron chi connectivity index (χ2n) is 8.39. The van der Waals surface area contributed by atoms with Crippen molar-refractivity contribution >= 4 is 40.6 Å². The van der Waals surface area contributed by atoms with Crippen LogP contribution < -0.4 is 4.74 Å². The quantitative estimate of drug-likeness (QED) is 0.244. The van der Waals surface area contributed by atoms with Gasteiger partial charge in [-0.25, -0.2) is 9.78 Å². The Morgan fingerprint density at radius 1 is 1.06 bits per heavy atom. The second-order valence-corrected chi connectivity index (χ2v) is 8.82. The number of hydrogen-bond donors (Lipinski definition) is 1. The fourth-order valence-electron chi connectivity index (χ4n) is 4.18. The molecule has 1 atom stereocenters. The number of aromatic nitrogens is 1. The van der Waals surface area contributed by atoms with Crippen molar-refractivity contribution in [1.82, 2.24) is 4.98 Å². The molecule has 0 saturated heterocycles. The van der Waals surface area contributed by atoms with Crippen LogP contribution in [0.15, 0.2) is 72.8 Å². The molecule has 0 aliphatic heterocycles. The van der Waals surface area contributed by atoms with Gasteiger partial charge in [-0.05, 0) is 78.9 Å². The maximum absolute atomic E-state index is 11.7. The van der Waals surface area contributed by atoms with Gasteiger partial charge in [-0.1, -0.05) is 54.1 Å². The van der Waals surface area contributed by atoms with Crippen LogP contribution in [0.1, 0.15) is 52.2 Å². The Kier molecular flexibility index (Phi) is 8.36. The normalized spacial score (nSPS) is 12.2. The number of ether oxygens (including phenoxy) is 2. The molecule has 1 unspecified atom stereocenters. The minimum absolute atomic E-state index is 0.159. The number of halogens is 1. The summed E-state index contributed by atoms with van der Waals surface area (Å²) >= 11 is 6.11. The lowest BCUT2D eigenvalue weighted by Gasteiger charge is -2.19.